The topological polar surface area (TPSA) is 49.9 Å². The summed E-state index contributed by atoms with van der Waals surface area (Å²) in [7, 11) is 0. The highest BCUT2D eigenvalue weighted by atomic mass is 79.9. The molecule has 0 aromatic heterocycles. The molecule has 0 spiro atoms. The Kier molecular flexibility index (Phi) is 5.52. The van der Waals surface area contributed by atoms with Crippen LogP contribution in [0.15, 0.2) is 22.7 Å². The highest BCUT2D eigenvalue weighted by molar-refractivity contribution is 9.10. The smallest absolute Gasteiger partial charge is 0.410 e. The van der Waals surface area contributed by atoms with E-state index in [1.165, 1.54) is 18.2 Å². The van der Waals surface area contributed by atoms with Gasteiger partial charge in [0.2, 0.25) is 0 Å². The number of carbonyl (C=O) groups is 2. The van der Waals surface area contributed by atoms with Gasteiger partial charge in [0, 0.05) is 30.1 Å². The predicted octanol–water partition coefficient (Wildman–Crippen LogP) is 3.67. The number of amides is 2. The minimum atomic E-state index is -0.553. The second-order valence-electron chi connectivity index (χ2n) is 6.90. The van der Waals surface area contributed by atoms with Gasteiger partial charge >= 0.3 is 6.09 Å². The minimum Gasteiger partial charge on any atom is -0.444 e. The summed E-state index contributed by atoms with van der Waals surface area (Å²) in [4.78, 5) is 28.1. The Labute approximate surface area is 149 Å². The number of nitrogens with zero attached hydrogens (tertiary/aromatic N) is 2. The average molecular weight is 401 g/mol. The van der Waals surface area contributed by atoms with Crippen LogP contribution in [-0.2, 0) is 4.74 Å². The molecule has 24 heavy (non-hydrogen) atoms. The molecular weight excluding hydrogens is 379 g/mol. The Morgan fingerprint density at radius 1 is 1.29 bits per heavy atom. The molecule has 0 radical (unpaired) electrons. The quantitative estimate of drug-likeness (QED) is 0.722. The van der Waals surface area contributed by atoms with Crippen LogP contribution in [0.2, 0.25) is 0 Å². The monoisotopic (exact) mass is 400 g/mol. The molecule has 1 atom stereocenters. The third-order valence-electron chi connectivity index (χ3n) is 3.70. The van der Waals surface area contributed by atoms with Gasteiger partial charge in [0.1, 0.15) is 11.4 Å². The van der Waals surface area contributed by atoms with Crippen molar-refractivity contribution in [2.45, 2.75) is 39.3 Å². The summed E-state index contributed by atoms with van der Waals surface area (Å²) in [5.74, 6) is -0.584. The Balaban J connectivity index is 2.05. The first-order valence-corrected chi connectivity index (χ1v) is 8.62. The highest BCUT2D eigenvalue weighted by Gasteiger charge is 2.33. The number of hydrogen-bond acceptors (Lipinski definition) is 3. The SMILES string of the molecule is C[C@@H]1CN(C(=O)c2ccc(F)cc2Br)CCN1C(=O)OC(C)(C)C. The molecule has 1 aromatic rings. The lowest BCUT2D eigenvalue weighted by molar-refractivity contribution is 0.00197. The van der Waals surface area contributed by atoms with E-state index in [2.05, 4.69) is 15.9 Å². The van der Waals surface area contributed by atoms with Gasteiger partial charge in [0.25, 0.3) is 5.91 Å². The molecule has 1 heterocycles. The van der Waals surface area contributed by atoms with Crippen LogP contribution in [0.5, 0.6) is 0 Å². The van der Waals surface area contributed by atoms with Gasteiger partial charge in [-0.25, -0.2) is 9.18 Å². The number of halogens is 2. The molecule has 0 aliphatic carbocycles. The summed E-state index contributed by atoms with van der Waals surface area (Å²) in [6.45, 7) is 8.56. The molecule has 132 valence electrons. The van der Waals surface area contributed by atoms with Crippen LogP contribution < -0.4 is 0 Å². The van der Waals surface area contributed by atoms with Crippen molar-refractivity contribution in [1.82, 2.24) is 9.80 Å². The van der Waals surface area contributed by atoms with Gasteiger partial charge in [0.15, 0.2) is 0 Å². The van der Waals surface area contributed by atoms with Crippen LogP contribution in [0.25, 0.3) is 0 Å². The second kappa shape index (κ2) is 7.09. The van der Waals surface area contributed by atoms with Gasteiger partial charge in [-0.05, 0) is 61.8 Å². The lowest BCUT2D eigenvalue weighted by atomic mass is 10.1. The van der Waals surface area contributed by atoms with Crippen LogP contribution >= 0.6 is 15.9 Å². The fraction of sp³-hybridized carbons (Fsp3) is 0.529. The maximum atomic E-state index is 13.2. The van der Waals surface area contributed by atoms with Crippen LogP contribution in [0.4, 0.5) is 9.18 Å². The molecule has 7 heteroatoms. The third-order valence-corrected chi connectivity index (χ3v) is 4.36. The van der Waals surface area contributed by atoms with E-state index in [9.17, 15) is 14.0 Å². The number of hydrogen-bond donors (Lipinski definition) is 0. The first kappa shape index (κ1) is 18.7. The zero-order chi connectivity index (χ0) is 18.1. The summed E-state index contributed by atoms with van der Waals surface area (Å²) in [6, 6.07) is 3.84. The molecule has 1 aliphatic heterocycles. The molecule has 2 rings (SSSR count). The summed E-state index contributed by atoms with van der Waals surface area (Å²) in [5, 5.41) is 0. The van der Waals surface area contributed by atoms with Crippen molar-refractivity contribution < 1.29 is 18.7 Å². The van der Waals surface area contributed by atoms with Gasteiger partial charge < -0.3 is 14.5 Å². The van der Waals surface area contributed by atoms with Crippen LogP contribution in [0, 0.1) is 5.82 Å². The Morgan fingerprint density at radius 2 is 1.96 bits per heavy atom. The van der Waals surface area contributed by atoms with E-state index in [4.69, 9.17) is 4.74 Å². The van der Waals surface area contributed by atoms with E-state index in [1.807, 2.05) is 27.7 Å². The molecule has 0 unspecified atom stereocenters. The molecule has 1 fully saturated rings. The van der Waals surface area contributed by atoms with Crippen molar-refractivity contribution >= 4 is 27.9 Å². The maximum absolute atomic E-state index is 13.2. The third kappa shape index (κ3) is 4.47. The molecule has 5 nitrogen and oxygen atoms in total. The van der Waals surface area contributed by atoms with Crippen LogP contribution in [0.3, 0.4) is 0 Å². The van der Waals surface area contributed by atoms with Crippen molar-refractivity contribution in [3.63, 3.8) is 0 Å². The number of ether oxygens (including phenoxy) is 1. The fourth-order valence-electron chi connectivity index (χ4n) is 2.57. The van der Waals surface area contributed by atoms with Crippen LogP contribution in [0.1, 0.15) is 38.1 Å². The van der Waals surface area contributed by atoms with Crippen molar-refractivity contribution in [2.24, 2.45) is 0 Å². The largest absolute Gasteiger partial charge is 0.444 e. The summed E-state index contributed by atoms with van der Waals surface area (Å²) in [5.41, 5.74) is -0.141. The van der Waals surface area contributed by atoms with Crippen molar-refractivity contribution in [2.75, 3.05) is 19.6 Å². The molecule has 2 amide bonds. The Bertz CT molecular complexity index is 645. The first-order valence-electron chi connectivity index (χ1n) is 7.82. The Hall–Kier alpha value is -1.63. The van der Waals surface area contributed by atoms with Gasteiger partial charge in [0.05, 0.1) is 5.56 Å². The van der Waals surface area contributed by atoms with E-state index >= 15 is 0 Å². The molecule has 0 saturated carbocycles. The van der Waals surface area contributed by atoms with Crippen molar-refractivity contribution in [1.29, 1.82) is 0 Å². The average Bonchev–Trinajstić information content (AvgIpc) is 2.44. The number of piperazine rings is 1. The number of carbonyl (C=O) groups excluding carboxylic acids is 2. The van der Waals surface area contributed by atoms with E-state index in [0.29, 0.717) is 29.7 Å². The summed E-state index contributed by atoms with van der Waals surface area (Å²) < 4.78 is 19.0. The van der Waals surface area contributed by atoms with E-state index in [1.54, 1.807) is 9.80 Å². The number of rotatable bonds is 1. The second-order valence-corrected chi connectivity index (χ2v) is 7.75. The predicted molar refractivity (Wildman–Crippen MR) is 92.4 cm³/mol. The highest BCUT2D eigenvalue weighted by Crippen LogP contribution is 2.22. The molecular formula is C17H22BrFN2O3. The zero-order valence-electron chi connectivity index (χ0n) is 14.3. The Morgan fingerprint density at radius 3 is 2.50 bits per heavy atom. The van der Waals surface area contributed by atoms with E-state index in [-0.39, 0.29) is 18.0 Å². The normalized spacial score (nSPS) is 18.5. The summed E-state index contributed by atoms with van der Waals surface area (Å²) in [6.07, 6.45) is -0.370. The van der Waals surface area contributed by atoms with E-state index < -0.39 is 11.4 Å². The first-order chi connectivity index (χ1) is 11.1. The maximum Gasteiger partial charge on any atom is 0.410 e. The lowest BCUT2D eigenvalue weighted by Gasteiger charge is -2.40. The number of benzene rings is 1. The van der Waals surface area contributed by atoms with Gasteiger partial charge in [-0.1, -0.05) is 0 Å². The molecule has 1 aromatic carbocycles. The lowest BCUT2D eigenvalue weighted by Crippen LogP contribution is -2.56. The van der Waals surface area contributed by atoms with E-state index in [0.717, 1.165) is 0 Å². The van der Waals surface area contributed by atoms with Gasteiger partial charge in [-0.3, -0.25) is 4.79 Å². The molecule has 1 saturated heterocycles. The molecule has 0 N–H and O–H groups in total. The van der Waals surface area contributed by atoms with Gasteiger partial charge in [-0.2, -0.15) is 0 Å². The summed E-state index contributed by atoms with van der Waals surface area (Å²) >= 11 is 3.23. The standard InChI is InChI=1S/C17H22BrFN2O3/c1-11-10-20(7-8-21(11)16(23)24-17(2,3)4)15(22)13-6-5-12(19)9-14(13)18/h5-6,9,11H,7-8,10H2,1-4H3/t11-/m1/s1. The van der Waals surface area contributed by atoms with Crippen molar-refractivity contribution in [3.05, 3.63) is 34.1 Å². The van der Waals surface area contributed by atoms with Crippen LogP contribution in [-0.4, -0.2) is 53.1 Å². The minimum absolute atomic E-state index is 0.156. The fourth-order valence-corrected chi connectivity index (χ4v) is 3.09. The molecule has 1 aliphatic rings. The van der Waals surface area contributed by atoms with Crippen molar-refractivity contribution in [3.8, 4) is 0 Å². The molecule has 0 bridgehead atoms. The van der Waals surface area contributed by atoms with Gasteiger partial charge in [-0.15, -0.1) is 0 Å². The zero-order valence-corrected chi connectivity index (χ0v) is 15.9.